The maximum absolute atomic E-state index is 13.2. The second-order valence-electron chi connectivity index (χ2n) is 5.33. The van der Waals surface area contributed by atoms with E-state index in [-0.39, 0.29) is 11.3 Å². The van der Waals surface area contributed by atoms with Crippen molar-refractivity contribution in [2.24, 2.45) is 11.7 Å². The molecular formula is C14H19F2N3O2. The summed E-state index contributed by atoms with van der Waals surface area (Å²) in [5, 5.41) is 10.7. The SMILES string of the molecule is NCCC1CCCN(c2ccc([N+](=O)[O-])cc2C(F)F)C1. The molecule has 1 aromatic rings. The lowest BCUT2D eigenvalue weighted by Crippen LogP contribution is -2.36. The molecule has 0 spiro atoms. The lowest BCUT2D eigenvalue weighted by Gasteiger charge is -2.35. The number of nitro benzene ring substituents is 1. The number of piperidine rings is 1. The molecule has 1 unspecified atom stereocenters. The van der Waals surface area contributed by atoms with Gasteiger partial charge in [0.1, 0.15) is 0 Å². The molecule has 1 fully saturated rings. The van der Waals surface area contributed by atoms with Crippen LogP contribution in [0.15, 0.2) is 18.2 Å². The molecule has 0 bridgehead atoms. The largest absolute Gasteiger partial charge is 0.371 e. The number of hydrogen-bond acceptors (Lipinski definition) is 4. The zero-order valence-corrected chi connectivity index (χ0v) is 11.7. The summed E-state index contributed by atoms with van der Waals surface area (Å²) in [5.74, 6) is 0.393. The van der Waals surface area contributed by atoms with Crippen LogP contribution in [-0.2, 0) is 0 Å². The Hall–Kier alpha value is -1.76. The van der Waals surface area contributed by atoms with Crippen molar-refractivity contribution < 1.29 is 13.7 Å². The molecular weight excluding hydrogens is 280 g/mol. The van der Waals surface area contributed by atoms with Gasteiger partial charge in [-0.05, 0) is 37.8 Å². The average molecular weight is 299 g/mol. The van der Waals surface area contributed by atoms with Gasteiger partial charge in [-0.25, -0.2) is 8.78 Å². The molecule has 0 saturated carbocycles. The Balaban J connectivity index is 2.27. The van der Waals surface area contributed by atoms with Gasteiger partial charge in [-0.3, -0.25) is 10.1 Å². The average Bonchev–Trinajstić information content (AvgIpc) is 2.47. The van der Waals surface area contributed by atoms with Crippen LogP contribution in [0.4, 0.5) is 20.2 Å². The number of nitrogens with zero attached hydrogens (tertiary/aromatic N) is 2. The minimum absolute atomic E-state index is 0.266. The maximum Gasteiger partial charge on any atom is 0.270 e. The van der Waals surface area contributed by atoms with Gasteiger partial charge in [0.25, 0.3) is 12.1 Å². The van der Waals surface area contributed by atoms with Crippen molar-refractivity contribution in [2.45, 2.75) is 25.7 Å². The fourth-order valence-corrected chi connectivity index (χ4v) is 2.87. The van der Waals surface area contributed by atoms with Crippen LogP contribution in [0.3, 0.4) is 0 Å². The number of nitro groups is 1. The van der Waals surface area contributed by atoms with Gasteiger partial charge in [-0.15, -0.1) is 0 Å². The van der Waals surface area contributed by atoms with Crippen LogP contribution in [0.5, 0.6) is 0 Å². The molecule has 0 amide bonds. The van der Waals surface area contributed by atoms with E-state index in [1.807, 2.05) is 4.90 Å². The van der Waals surface area contributed by atoms with Crippen LogP contribution in [0, 0.1) is 16.0 Å². The summed E-state index contributed by atoms with van der Waals surface area (Å²) >= 11 is 0. The monoisotopic (exact) mass is 299 g/mol. The van der Waals surface area contributed by atoms with Gasteiger partial charge in [-0.1, -0.05) is 0 Å². The Kier molecular flexibility index (Phi) is 5.06. The summed E-state index contributed by atoms with van der Waals surface area (Å²) in [6.07, 6.45) is 0.109. The predicted molar refractivity (Wildman–Crippen MR) is 76.7 cm³/mol. The smallest absolute Gasteiger partial charge is 0.270 e. The van der Waals surface area contributed by atoms with E-state index in [1.54, 1.807) is 0 Å². The van der Waals surface area contributed by atoms with E-state index in [0.29, 0.717) is 31.2 Å². The third-order valence-electron chi connectivity index (χ3n) is 3.89. The molecule has 5 nitrogen and oxygen atoms in total. The Morgan fingerprint density at radius 3 is 2.86 bits per heavy atom. The highest BCUT2D eigenvalue weighted by Gasteiger charge is 2.25. The van der Waals surface area contributed by atoms with Gasteiger partial charge in [0.15, 0.2) is 0 Å². The molecule has 1 atom stereocenters. The summed E-state index contributed by atoms with van der Waals surface area (Å²) in [4.78, 5) is 12.0. The molecule has 1 aromatic carbocycles. The highest BCUT2D eigenvalue weighted by Crippen LogP contribution is 2.35. The molecule has 0 aliphatic carbocycles. The standard InChI is InChI=1S/C14H19F2N3O2/c15-14(16)12-8-11(19(20)21)3-4-13(12)18-7-1-2-10(9-18)5-6-17/h3-4,8,10,14H,1-2,5-7,9,17H2. The van der Waals surface area contributed by atoms with Crippen molar-refractivity contribution in [3.63, 3.8) is 0 Å². The van der Waals surface area contributed by atoms with Crippen LogP contribution < -0.4 is 10.6 Å². The molecule has 21 heavy (non-hydrogen) atoms. The Morgan fingerprint density at radius 1 is 1.48 bits per heavy atom. The van der Waals surface area contributed by atoms with Gasteiger partial charge in [0, 0.05) is 36.5 Å². The topological polar surface area (TPSA) is 72.4 Å². The van der Waals surface area contributed by atoms with Crippen LogP contribution in [0.1, 0.15) is 31.3 Å². The first kappa shape index (κ1) is 15.6. The number of halogens is 2. The van der Waals surface area contributed by atoms with Gasteiger partial charge < -0.3 is 10.6 Å². The summed E-state index contributed by atoms with van der Waals surface area (Å²) < 4.78 is 26.4. The van der Waals surface area contributed by atoms with Crippen LogP contribution >= 0.6 is 0 Å². The number of hydrogen-bond donors (Lipinski definition) is 1. The van der Waals surface area contributed by atoms with E-state index in [1.165, 1.54) is 12.1 Å². The summed E-state index contributed by atoms with van der Waals surface area (Å²) in [5.41, 5.74) is 5.39. The van der Waals surface area contributed by atoms with Crippen molar-refractivity contribution in [2.75, 3.05) is 24.5 Å². The maximum atomic E-state index is 13.2. The Labute approximate surface area is 121 Å². The van der Waals surface area contributed by atoms with E-state index in [9.17, 15) is 18.9 Å². The summed E-state index contributed by atoms with van der Waals surface area (Å²) in [6.45, 7) is 1.95. The van der Waals surface area contributed by atoms with Gasteiger partial charge in [-0.2, -0.15) is 0 Å². The van der Waals surface area contributed by atoms with Crippen LogP contribution in [0.2, 0.25) is 0 Å². The number of alkyl halides is 2. The third-order valence-corrected chi connectivity index (χ3v) is 3.89. The minimum Gasteiger partial charge on any atom is -0.371 e. The van der Waals surface area contributed by atoms with Crippen LogP contribution in [-0.4, -0.2) is 24.6 Å². The molecule has 0 radical (unpaired) electrons. The van der Waals surface area contributed by atoms with Crippen molar-refractivity contribution in [3.8, 4) is 0 Å². The van der Waals surface area contributed by atoms with Crippen molar-refractivity contribution in [3.05, 3.63) is 33.9 Å². The van der Waals surface area contributed by atoms with E-state index in [2.05, 4.69) is 0 Å². The van der Waals surface area contributed by atoms with Crippen LogP contribution in [0.25, 0.3) is 0 Å². The molecule has 1 saturated heterocycles. The van der Waals surface area contributed by atoms with E-state index >= 15 is 0 Å². The van der Waals surface area contributed by atoms with Crippen molar-refractivity contribution in [1.82, 2.24) is 0 Å². The molecule has 1 aliphatic heterocycles. The number of anilines is 1. The van der Waals surface area contributed by atoms with E-state index in [4.69, 9.17) is 5.73 Å². The summed E-state index contributed by atoms with van der Waals surface area (Å²) in [6, 6.07) is 3.70. The minimum atomic E-state index is -2.73. The fraction of sp³-hybridized carbons (Fsp3) is 0.571. The normalized spacial score (nSPS) is 19.0. The first-order chi connectivity index (χ1) is 10.0. The molecule has 7 heteroatoms. The first-order valence-electron chi connectivity index (χ1n) is 7.04. The molecule has 2 N–H and O–H groups in total. The number of benzene rings is 1. The van der Waals surface area contributed by atoms with Crippen molar-refractivity contribution in [1.29, 1.82) is 0 Å². The quantitative estimate of drug-likeness (QED) is 0.670. The van der Waals surface area contributed by atoms with Gasteiger partial charge >= 0.3 is 0 Å². The number of non-ortho nitro benzene ring substituents is 1. The molecule has 116 valence electrons. The molecule has 2 rings (SSSR count). The number of rotatable bonds is 5. The Bertz CT molecular complexity index is 509. The third kappa shape index (κ3) is 3.66. The van der Waals surface area contributed by atoms with Crippen molar-refractivity contribution >= 4 is 11.4 Å². The van der Waals surface area contributed by atoms with E-state index < -0.39 is 11.3 Å². The van der Waals surface area contributed by atoms with Gasteiger partial charge in [0.2, 0.25) is 0 Å². The highest BCUT2D eigenvalue weighted by atomic mass is 19.3. The first-order valence-corrected chi connectivity index (χ1v) is 7.04. The Morgan fingerprint density at radius 2 is 2.24 bits per heavy atom. The second kappa shape index (κ2) is 6.80. The second-order valence-corrected chi connectivity index (χ2v) is 5.33. The predicted octanol–water partition coefficient (Wildman–Crippen LogP) is 3.10. The molecule has 1 heterocycles. The summed E-state index contributed by atoms with van der Waals surface area (Å²) in [7, 11) is 0. The van der Waals surface area contributed by atoms with E-state index in [0.717, 1.165) is 25.3 Å². The fourth-order valence-electron chi connectivity index (χ4n) is 2.87. The van der Waals surface area contributed by atoms with Gasteiger partial charge in [0.05, 0.1) is 4.92 Å². The number of nitrogens with two attached hydrogens (primary N) is 1. The molecule has 0 aromatic heterocycles. The lowest BCUT2D eigenvalue weighted by molar-refractivity contribution is -0.385. The zero-order chi connectivity index (χ0) is 15.4. The highest BCUT2D eigenvalue weighted by molar-refractivity contribution is 5.58. The lowest BCUT2D eigenvalue weighted by atomic mass is 9.94. The molecule has 1 aliphatic rings. The zero-order valence-electron chi connectivity index (χ0n) is 11.7.